The van der Waals surface area contributed by atoms with E-state index in [2.05, 4.69) is 20.8 Å². The molecule has 13 heteroatoms. The van der Waals surface area contributed by atoms with E-state index in [0.717, 1.165) is 16.3 Å². The topological polar surface area (TPSA) is 140 Å². The Kier molecular flexibility index (Phi) is 6.47. The van der Waals surface area contributed by atoms with E-state index >= 15 is 0 Å². The van der Waals surface area contributed by atoms with Gasteiger partial charge in [0.15, 0.2) is 22.9 Å². The molecule has 0 aliphatic heterocycles. The zero-order chi connectivity index (χ0) is 21.8. The van der Waals surface area contributed by atoms with Crippen LogP contribution in [0.15, 0.2) is 39.0 Å². The monoisotopic (exact) mass is 452 g/mol. The average molecular weight is 453 g/mol. The van der Waals surface area contributed by atoms with Crippen LogP contribution in [0, 0.1) is 0 Å². The number of imidazole rings is 1. The lowest BCUT2D eigenvalue weighted by Gasteiger charge is -2.08. The highest BCUT2D eigenvalue weighted by atomic mass is 35.5. The molecule has 0 bridgehead atoms. The molecule has 2 amide bonds. The van der Waals surface area contributed by atoms with E-state index in [1.165, 1.54) is 18.7 Å². The number of fused-ring (bicyclic) bond motifs is 1. The first-order chi connectivity index (χ1) is 14.3. The molecule has 0 aliphatic rings. The second kappa shape index (κ2) is 9.05. The van der Waals surface area contributed by atoms with E-state index in [-0.39, 0.29) is 28.7 Å². The molecule has 2 aromatic heterocycles. The Labute approximate surface area is 178 Å². The predicted molar refractivity (Wildman–Crippen MR) is 111 cm³/mol. The van der Waals surface area contributed by atoms with Gasteiger partial charge in [-0.2, -0.15) is 0 Å². The molecule has 0 saturated carbocycles. The van der Waals surface area contributed by atoms with Gasteiger partial charge in [0, 0.05) is 19.1 Å². The lowest BCUT2D eigenvalue weighted by molar-refractivity contribution is -0.128. The van der Waals surface area contributed by atoms with Crippen LogP contribution >= 0.6 is 23.4 Å². The number of aromatic nitrogens is 4. The second-order valence-electron chi connectivity index (χ2n) is 6.07. The highest BCUT2D eigenvalue weighted by molar-refractivity contribution is 7.99. The van der Waals surface area contributed by atoms with Crippen molar-refractivity contribution in [2.75, 3.05) is 12.4 Å². The molecule has 2 heterocycles. The van der Waals surface area contributed by atoms with Gasteiger partial charge in [-0.1, -0.05) is 23.4 Å². The number of carbonyl (C=O) groups is 2. The third-order valence-electron chi connectivity index (χ3n) is 3.94. The number of nitrogens with one attached hydrogen (secondary N) is 3. The Bertz CT molecular complexity index is 1220. The summed E-state index contributed by atoms with van der Waals surface area (Å²) in [5, 5.41) is 0.833. The quantitative estimate of drug-likeness (QED) is 0.351. The fraction of sp³-hybridized carbons (Fsp3) is 0.235. The highest BCUT2D eigenvalue weighted by Crippen LogP contribution is 2.16. The number of rotatable bonds is 6. The van der Waals surface area contributed by atoms with Crippen molar-refractivity contribution in [3.05, 3.63) is 50.1 Å². The molecule has 158 valence electrons. The Morgan fingerprint density at radius 3 is 2.50 bits per heavy atom. The van der Waals surface area contributed by atoms with Gasteiger partial charge in [-0.25, -0.2) is 9.78 Å². The van der Waals surface area contributed by atoms with Crippen LogP contribution in [-0.4, -0.2) is 43.3 Å². The molecule has 0 spiro atoms. The molecule has 0 unspecified atom stereocenters. The van der Waals surface area contributed by atoms with E-state index in [9.17, 15) is 19.2 Å². The predicted octanol–water partition coefficient (Wildman–Crippen LogP) is -0.0678. The number of benzene rings is 1. The summed E-state index contributed by atoms with van der Waals surface area (Å²) in [5.41, 5.74) is 3.82. The summed E-state index contributed by atoms with van der Waals surface area (Å²) < 4.78 is 7.45. The van der Waals surface area contributed by atoms with Crippen LogP contribution in [0.4, 0.5) is 0 Å². The smallest absolute Gasteiger partial charge is 0.332 e. The average Bonchev–Trinajstić information content (AvgIpc) is 3.17. The van der Waals surface area contributed by atoms with E-state index in [1.54, 1.807) is 24.3 Å². The first-order valence-electron chi connectivity index (χ1n) is 8.51. The summed E-state index contributed by atoms with van der Waals surface area (Å²) in [6.07, 6.45) is 0. The van der Waals surface area contributed by atoms with E-state index in [0.29, 0.717) is 10.8 Å². The first kappa shape index (κ1) is 21.5. The third kappa shape index (κ3) is 4.83. The number of hydrogen-bond donors (Lipinski definition) is 3. The number of aromatic amines is 1. The largest absolute Gasteiger partial charge is 0.484 e. The molecular formula is C17H17ClN6O5S. The maximum atomic E-state index is 12.1. The number of amides is 2. The number of nitrogens with zero attached hydrogens (tertiary/aromatic N) is 3. The zero-order valence-electron chi connectivity index (χ0n) is 15.9. The summed E-state index contributed by atoms with van der Waals surface area (Å²) >= 11 is 6.77. The fourth-order valence-electron chi connectivity index (χ4n) is 2.40. The number of hydrogen-bond acceptors (Lipinski definition) is 7. The zero-order valence-corrected chi connectivity index (χ0v) is 17.5. The maximum absolute atomic E-state index is 12.1. The number of halogens is 1. The number of carbonyl (C=O) groups excluding carboxylic acids is 2. The number of aryl methyl sites for hydroxylation is 1. The van der Waals surface area contributed by atoms with Gasteiger partial charge < -0.3 is 9.72 Å². The number of hydrazine groups is 1. The minimum absolute atomic E-state index is 0.0909. The molecule has 0 radical (unpaired) electrons. The van der Waals surface area contributed by atoms with Crippen molar-refractivity contribution in [3.8, 4) is 5.75 Å². The van der Waals surface area contributed by atoms with Crippen LogP contribution in [0.3, 0.4) is 0 Å². The molecule has 11 nitrogen and oxygen atoms in total. The second-order valence-corrected chi connectivity index (χ2v) is 7.47. The number of ether oxygens (including phenoxy) is 1. The van der Waals surface area contributed by atoms with Crippen molar-refractivity contribution >= 4 is 46.3 Å². The third-order valence-corrected chi connectivity index (χ3v) is 5.06. The normalized spacial score (nSPS) is 10.8. The minimum Gasteiger partial charge on any atom is -0.484 e. The molecule has 3 rings (SSSR count). The molecule has 0 aliphatic carbocycles. The van der Waals surface area contributed by atoms with Gasteiger partial charge in [0.25, 0.3) is 11.5 Å². The molecular weight excluding hydrogens is 436 g/mol. The molecule has 0 saturated heterocycles. The van der Waals surface area contributed by atoms with Gasteiger partial charge in [-0.05, 0) is 24.3 Å². The van der Waals surface area contributed by atoms with Gasteiger partial charge in [-0.15, -0.1) is 0 Å². The molecule has 30 heavy (non-hydrogen) atoms. The SMILES string of the molecule is Cn1c(=O)c2[nH]c(SCC(=O)NNC(=O)COc3ccc(Cl)cc3)nc2n(C)c1=O. The number of thioether (sulfide) groups is 1. The number of H-pyrrole nitrogens is 1. The highest BCUT2D eigenvalue weighted by Gasteiger charge is 2.14. The Hall–Kier alpha value is -3.25. The van der Waals surface area contributed by atoms with Crippen LogP contribution in [0.2, 0.25) is 5.02 Å². The minimum atomic E-state index is -0.550. The van der Waals surface area contributed by atoms with Gasteiger partial charge in [0.1, 0.15) is 5.75 Å². The van der Waals surface area contributed by atoms with Crippen LogP contribution < -0.4 is 26.8 Å². The van der Waals surface area contributed by atoms with Gasteiger partial charge >= 0.3 is 5.69 Å². The van der Waals surface area contributed by atoms with Gasteiger partial charge in [-0.3, -0.25) is 34.4 Å². The van der Waals surface area contributed by atoms with Gasteiger partial charge in [0.2, 0.25) is 5.91 Å². The van der Waals surface area contributed by atoms with Crippen molar-refractivity contribution in [1.82, 2.24) is 30.0 Å². The van der Waals surface area contributed by atoms with Crippen LogP contribution in [0.25, 0.3) is 11.2 Å². The first-order valence-corrected chi connectivity index (χ1v) is 9.87. The summed E-state index contributed by atoms with van der Waals surface area (Å²) in [7, 11) is 2.86. The van der Waals surface area contributed by atoms with E-state index in [4.69, 9.17) is 16.3 Å². The molecule has 0 fully saturated rings. The van der Waals surface area contributed by atoms with Crippen molar-refractivity contribution < 1.29 is 14.3 Å². The van der Waals surface area contributed by atoms with Crippen molar-refractivity contribution in [1.29, 1.82) is 0 Å². The standard InChI is InChI=1S/C17H17ClN6O5S/c1-23-14-13(15(27)24(2)17(23)28)19-16(20-14)30-8-12(26)22-21-11(25)7-29-10-5-3-9(18)4-6-10/h3-6H,7-8H2,1-2H3,(H,19,20)(H,21,25)(H,22,26). The molecule has 0 atom stereocenters. The van der Waals surface area contributed by atoms with Crippen molar-refractivity contribution in [3.63, 3.8) is 0 Å². The molecule has 3 aromatic rings. The molecule has 1 aromatic carbocycles. The Morgan fingerprint density at radius 2 is 1.80 bits per heavy atom. The van der Waals surface area contributed by atoms with E-state index < -0.39 is 23.1 Å². The molecule has 3 N–H and O–H groups in total. The lowest BCUT2D eigenvalue weighted by Crippen LogP contribution is -2.44. The Morgan fingerprint density at radius 1 is 1.13 bits per heavy atom. The summed E-state index contributed by atoms with van der Waals surface area (Å²) in [6, 6.07) is 6.47. The van der Waals surface area contributed by atoms with Crippen LogP contribution in [0.1, 0.15) is 0 Å². The fourth-order valence-corrected chi connectivity index (χ4v) is 3.19. The van der Waals surface area contributed by atoms with Crippen LogP contribution in [0.5, 0.6) is 5.75 Å². The maximum Gasteiger partial charge on any atom is 0.332 e. The Balaban J connectivity index is 1.50. The van der Waals surface area contributed by atoms with Crippen molar-refractivity contribution in [2.24, 2.45) is 14.1 Å². The summed E-state index contributed by atoms with van der Waals surface area (Å²) in [4.78, 5) is 54.7. The lowest BCUT2D eigenvalue weighted by atomic mass is 10.3. The van der Waals surface area contributed by atoms with Gasteiger partial charge in [0.05, 0.1) is 5.75 Å². The summed E-state index contributed by atoms with van der Waals surface area (Å²) in [5.74, 6) is -0.679. The van der Waals surface area contributed by atoms with Crippen LogP contribution in [-0.2, 0) is 23.7 Å². The van der Waals surface area contributed by atoms with E-state index in [1.807, 2.05) is 0 Å². The summed E-state index contributed by atoms with van der Waals surface area (Å²) in [6.45, 7) is -0.296. The van der Waals surface area contributed by atoms with Crippen molar-refractivity contribution in [2.45, 2.75) is 5.16 Å².